The molecule has 0 radical (unpaired) electrons. The number of rotatable bonds is 7. The van der Waals surface area contributed by atoms with Gasteiger partial charge in [-0.25, -0.2) is 4.68 Å². The van der Waals surface area contributed by atoms with E-state index in [1.807, 2.05) is 48.4 Å². The van der Waals surface area contributed by atoms with Crippen LogP contribution in [-0.4, -0.2) is 49.6 Å². The second kappa shape index (κ2) is 8.71. The van der Waals surface area contributed by atoms with Gasteiger partial charge in [0.15, 0.2) is 0 Å². The molecule has 0 aliphatic heterocycles. The zero-order valence-electron chi connectivity index (χ0n) is 16.9. The first-order valence-corrected chi connectivity index (χ1v) is 11.6. The number of nitrogens with zero attached hydrogens (tertiary/aromatic N) is 5. The van der Waals surface area contributed by atoms with Crippen LogP contribution in [0.2, 0.25) is 0 Å². The lowest BCUT2D eigenvalue weighted by Crippen LogP contribution is -2.12. The van der Waals surface area contributed by atoms with Crippen LogP contribution in [0.3, 0.4) is 0 Å². The van der Waals surface area contributed by atoms with Crippen LogP contribution >= 0.6 is 0 Å². The van der Waals surface area contributed by atoms with Gasteiger partial charge in [0.2, 0.25) is 0 Å². The molecule has 0 spiro atoms. The lowest BCUT2D eigenvalue weighted by atomic mass is 10.1. The minimum absolute atomic E-state index is 0.365. The van der Waals surface area contributed by atoms with Crippen LogP contribution < -0.4 is 0 Å². The average molecular weight is 407 g/mol. The zero-order chi connectivity index (χ0) is 20.2. The van der Waals surface area contributed by atoms with Crippen LogP contribution in [0.1, 0.15) is 5.56 Å². The highest BCUT2D eigenvalue weighted by atomic mass is 32.2. The predicted molar refractivity (Wildman–Crippen MR) is 119 cm³/mol. The molecule has 4 rings (SSSR count). The first-order chi connectivity index (χ1) is 14.1. The Labute approximate surface area is 173 Å². The summed E-state index contributed by atoms with van der Waals surface area (Å²) >= 11 is 0. The third kappa shape index (κ3) is 4.46. The molecule has 0 aliphatic carbocycles. The molecular weight excluding hydrogens is 382 g/mol. The molecule has 0 atom stereocenters. The van der Waals surface area contributed by atoms with E-state index < -0.39 is 0 Å². The summed E-state index contributed by atoms with van der Waals surface area (Å²) in [6.45, 7) is 3.14. The summed E-state index contributed by atoms with van der Waals surface area (Å²) in [7, 11) is 0.365. The molecular formula is C22H24N5OS+. The minimum Gasteiger partial charge on any atom is -0.354 e. The number of aryl methyl sites for hydroxylation is 1. The third-order valence-electron chi connectivity index (χ3n) is 4.60. The maximum absolute atomic E-state index is 5.87. The van der Waals surface area contributed by atoms with Crippen molar-refractivity contribution in [1.82, 2.24) is 24.7 Å². The first kappa shape index (κ1) is 19.5. The summed E-state index contributed by atoms with van der Waals surface area (Å²) in [5, 5.41) is 5.82. The van der Waals surface area contributed by atoms with Gasteiger partial charge in [0.05, 0.1) is 42.2 Å². The largest absolute Gasteiger partial charge is 0.354 e. The highest BCUT2D eigenvalue weighted by molar-refractivity contribution is 7.95. The summed E-state index contributed by atoms with van der Waals surface area (Å²) in [6.07, 6.45) is 11.7. The lowest BCUT2D eigenvalue weighted by molar-refractivity contribution is 0.0842. The summed E-state index contributed by atoms with van der Waals surface area (Å²) < 4.78 is 7.74. The normalized spacial score (nSPS) is 11.4. The van der Waals surface area contributed by atoms with Gasteiger partial charge in [0, 0.05) is 29.5 Å². The molecule has 4 aromatic heterocycles. The van der Waals surface area contributed by atoms with Crippen molar-refractivity contribution in [3.63, 3.8) is 0 Å². The van der Waals surface area contributed by atoms with Crippen molar-refractivity contribution >= 4 is 21.8 Å². The number of hydrogen-bond acceptors (Lipinski definition) is 5. The smallest absolute Gasteiger partial charge is 0.140 e. The standard InChI is InChI=1S/C22H24N5OS/c1-16-6-7-19(24-12-16)22-18-11-20(17-5-4-8-23-13-17)25-14-21(18)27(26-22)15-28-9-10-29(2)3/h4-8,11-14H,9-10,15H2,1-3H3/q+1. The molecule has 0 bridgehead atoms. The minimum atomic E-state index is 0.365. The van der Waals surface area contributed by atoms with Crippen molar-refractivity contribution in [2.24, 2.45) is 0 Å². The molecule has 0 fully saturated rings. The topological polar surface area (TPSA) is 65.7 Å². The SMILES string of the molecule is Cc1ccc(-c2nn(COCC[S+](C)C)c3cnc(-c4cccnc4)cc23)nc1. The van der Waals surface area contributed by atoms with Crippen molar-refractivity contribution in [3.8, 4) is 22.6 Å². The van der Waals surface area contributed by atoms with Crippen molar-refractivity contribution in [2.45, 2.75) is 13.7 Å². The van der Waals surface area contributed by atoms with Crippen LogP contribution in [0.4, 0.5) is 0 Å². The number of fused-ring (bicyclic) bond motifs is 1. The van der Waals surface area contributed by atoms with Crippen molar-refractivity contribution in [3.05, 3.63) is 60.7 Å². The molecule has 0 unspecified atom stereocenters. The number of hydrogen-bond donors (Lipinski definition) is 0. The third-order valence-corrected chi connectivity index (χ3v) is 5.58. The molecule has 4 heterocycles. The van der Waals surface area contributed by atoms with Gasteiger partial charge in [-0.2, -0.15) is 5.10 Å². The molecule has 148 valence electrons. The van der Waals surface area contributed by atoms with Crippen LogP contribution in [0.5, 0.6) is 0 Å². The van der Waals surface area contributed by atoms with Crippen molar-refractivity contribution in [2.75, 3.05) is 24.9 Å². The van der Waals surface area contributed by atoms with Crippen molar-refractivity contribution in [1.29, 1.82) is 0 Å². The van der Waals surface area contributed by atoms with Gasteiger partial charge in [-0.15, -0.1) is 0 Å². The summed E-state index contributed by atoms with van der Waals surface area (Å²) in [6, 6.07) is 10.0. The number of pyridine rings is 3. The Balaban J connectivity index is 1.75. The number of aromatic nitrogens is 5. The molecule has 0 N–H and O–H groups in total. The fraction of sp³-hybridized carbons (Fsp3) is 0.273. The van der Waals surface area contributed by atoms with Crippen LogP contribution in [-0.2, 0) is 22.4 Å². The molecule has 4 aromatic rings. The van der Waals surface area contributed by atoms with E-state index in [0.717, 1.165) is 51.5 Å². The van der Waals surface area contributed by atoms with Gasteiger partial charge in [-0.05, 0) is 47.6 Å². The second-order valence-corrected chi connectivity index (χ2v) is 9.50. The fourth-order valence-electron chi connectivity index (χ4n) is 3.02. The second-order valence-electron chi connectivity index (χ2n) is 7.12. The lowest BCUT2D eigenvalue weighted by Gasteiger charge is -2.05. The van der Waals surface area contributed by atoms with Crippen LogP contribution in [0.15, 0.2) is 55.1 Å². The van der Waals surface area contributed by atoms with Crippen molar-refractivity contribution < 1.29 is 4.74 Å². The van der Waals surface area contributed by atoms with E-state index in [9.17, 15) is 0 Å². The quantitative estimate of drug-likeness (QED) is 0.346. The van der Waals surface area contributed by atoms with Crippen LogP contribution in [0, 0.1) is 6.92 Å². The Bertz CT molecular complexity index is 1090. The fourth-order valence-corrected chi connectivity index (χ4v) is 3.47. The van der Waals surface area contributed by atoms with E-state index in [2.05, 4.69) is 39.6 Å². The Morgan fingerprint density at radius 1 is 1.03 bits per heavy atom. The Morgan fingerprint density at radius 2 is 1.90 bits per heavy atom. The maximum Gasteiger partial charge on any atom is 0.140 e. The Kier molecular flexibility index (Phi) is 5.87. The molecule has 0 aromatic carbocycles. The Morgan fingerprint density at radius 3 is 2.62 bits per heavy atom. The summed E-state index contributed by atoms with van der Waals surface area (Å²) in [4.78, 5) is 13.4. The van der Waals surface area contributed by atoms with Gasteiger partial charge >= 0.3 is 0 Å². The highest BCUT2D eigenvalue weighted by Gasteiger charge is 2.16. The van der Waals surface area contributed by atoms with E-state index in [0.29, 0.717) is 17.6 Å². The van der Waals surface area contributed by atoms with Gasteiger partial charge in [0.25, 0.3) is 0 Å². The summed E-state index contributed by atoms with van der Waals surface area (Å²) in [5.41, 5.74) is 5.56. The molecule has 7 heteroatoms. The molecule has 0 amide bonds. The highest BCUT2D eigenvalue weighted by Crippen LogP contribution is 2.29. The summed E-state index contributed by atoms with van der Waals surface area (Å²) in [5.74, 6) is 1.05. The number of ether oxygens (including phenoxy) is 1. The van der Waals surface area contributed by atoms with E-state index in [1.54, 1.807) is 6.20 Å². The van der Waals surface area contributed by atoms with E-state index in [1.165, 1.54) is 0 Å². The van der Waals surface area contributed by atoms with Gasteiger partial charge in [0.1, 0.15) is 18.2 Å². The molecule has 0 saturated carbocycles. The molecule has 6 nitrogen and oxygen atoms in total. The van der Waals surface area contributed by atoms with E-state index >= 15 is 0 Å². The molecule has 29 heavy (non-hydrogen) atoms. The van der Waals surface area contributed by atoms with Gasteiger partial charge in [-0.1, -0.05) is 6.07 Å². The predicted octanol–water partition coefficient (Wildman–Crippen LogP) is 3.72. The van der Waals surface area contributed by atoms with E-state index in [4.69, 9.17) is 9.84 Å². The first-order valence-electron chi connectivity index (χ1n) is 9.44. The van der Waals surface area contributed by atoms with Gasteiger partial charge in [-0.3, -0.25) is 15.0 Å². The van der Waals surface area contributed by atoms with Crippen LogP contribution in [0.25, 0.3) is 33.5 Å². The van der Waals surface area contributed by atoms with Gasteiger partial charge < -0.3 is 4.74 Å². The zero-order valence-corrected chi connectivity index (χ0v) is 17.7. The monoisotopic (exact) mass is 406 g/mol. The molecule has 0 aliphatic rings. The average Bonchev–Trinajstić information content (AvgIpc) is 3.10. The maximum atomic E-state index is 5.87. The molecule has 0 saturated heterocycles. The Hall–Kier alpha value is -2.77. The van der Waals surface area contributed by atoms with E-state index in [-0.39, 0.29) is 0 Å².